The Kier molecular flexibility index (Phi) is 4.67. The third kappa shape index (κ3) is 4.93. The van der Waals surface area contributed by atoms with Crippen LogP contribution < -0.4 is 5.32 Å². The van der Waals surface area contributed by atoms with Crippen molar-refractivity contribution in [2.75, 3.05) is 6.67 Å². The summed E-state index contributed by atoms with van der Waals surface area (Å²) in [6.45, 7) is 1.78. The minimum Gasteiger partial charge on any atom is -0.334 e. The van der Waals surface area contributed by atoms with Crippen molar-refractivity contribution in [3.63, 3.8) is 0 Å². The Hall–Kier alpha value is -0.930. The van der Waals surface area contributed by atoms with Gasteiger partial charge in [-0.2, -0.15) is 0 Å². The Labute approximate surface area is 53.6 Å². The zero-order valence-electron chi connectivity index (χ0n) is 5.39. The Morgan fingerprint density at radius 1 is 1.67 bits per heavy atom. The van der Waals surface area contributed by atoms with Crippen molar-refractivity contribution < 1.29 is 4.79 Å². The maximum Gasteiger partial charge on any atom is 0.221 e. The number of amides is 1. The molecule has 52 valence electrons. The first-order valence-electron chi connectivity index (χ1n) is 2.87. The SMILES string of the molecule is CCCC(=O)NCN=O. The number of nitrogens with one attached hydrogen (secondary N) is 1. The van der Waals surface area contributed by atoms with Crippen LogP contribution in [-0.2, 0) is 4.79 Å². The van der Waals surface area contributed by atoms with Crippen molar-refractivity contribution in [3.8, 4) is 0 Å². The zero-order valence-corrected chi connectivity index (χ0v) is 5.39. The van der Waals surface area contributed by atoms with Gasteiger partial charge in [0, 0.05) is 6.42 Å². The van der Waals surface area contributed by atoms with Crippen molar-refractivity contribution >= 4 is 5.91 Å². The number of carbonyl (C=O) groups excluding carboxylic acids is 1. The van der Waals surface area contributed by atoms with Crippen LogP contribution >= 0.6 is 0 Å². The van der Waals surface area contributed by atoms with E-state index in [1.54, 1.807) is 0 Å². The van der Waals surface area contributed by atoms with Crippen LogP contribution in [0, 0.1) is 4.91 Å². The van der Waals surface area contributed by atoms with Crippen LogP contribution in [0.4, 0.5) is 0 Å². The largest absolute Gasteiger partial charge is 0.334 e. The summed E-state index contributed by atoms with van der Waals surface area (Å²) in [5.74, 6) is -0.114. The van der Waals surface area contributed by atoms with E-state index in [2.05, 4.69) is 10.5 Å². The molecule has 1 amide bonds. The van der Waals surface area contributed by atoms with Crippen LogP contribution in [0.3, 0.4) is 0 Å². The van der Waals surface area contributed by atoms with E-state index in [0.717, 1.165) is 6.42 Å². The molecule has 9 heavy (non-hydrogen) atoms. The Morgan fingerprint density at radius 3 is 2.78 bits per heavy atom. The molecule has 4 heteroatoms. The molecular formula is C5H10N2O2. The molecule has 4 nitrogen and oxygen atoms in total. The van der Waals surface area contributed by atoms with Crippen molar-refractivity contribution in [1.82, 2.24) is 5.32 Å². The molecule has 0 spiro atoms. The lowest BCUT2D eigenvalue weighted by molar-refractivity contribution is -0.121. The maximum absolute atomic E-state index is 10.5. The molecule has 0 aromatic heterocycles. The lowest BCUT2D eigenvalue weighted by Gasteiger charge is -1.95. The van der Waals surface area contributed by atoms with Gasteiger partial charge in [-0.1, -0.05) is 6.92 Å². The van der Waals surface area contributed by atoms with E-state index in [-0.39, 0.29) is 12.6 Å². The second-order valence-corrected chi connectivity index (χ2v) is 1.64. The number of nitrogens with zero attached hydrogens (tertiary/aromatic N) is 1. The second kappa shape index (κ2) is 5.21. The molecule has 0 bridgehead atoms. The van der Waals surface area contributed by atoms with E-state index in [1.807, 2.05) is 6.92 Å². The van der Waals surface area contributed by atoms with E-state index in [1.165, 1.54) is 0 Å². The molecular weight excluding hydrogens is 120 g/mol. The highest BCUT2D eigenvalue weighted by molar-refractivity contribution is 5.75. The number of carbonyl (C=O) groups is 1. The lowest BCUT2D eigenvalue weighted by Crippen LogP contribution is -2.22. The highest BCUT2D eigenvalue weighted by Gasteiger charge is 1.94. The molecule has 0 saturated heterocycles. The van der Waals surface area contributed by atoms with Gasteiger partial charge in [-0.3, -0.25) is 4.79 Å². The molecule has 1 N–H and O–H groups in total. The summed E-state index contributed by atoms with van der Waals surface area (Å²) in [6.07, 6.45) is 1.26. The quantitative estimate of drug-likeness (QED) is 0.567. The fourth-order valence-corrected chi connectivity index (χ4v) is 0.436. The molecule has 0 aromatic rings. The van der Waals surface area contributed by atoms with Gasteiger partial charge in [-0.15, -0.1) is 4.91 Å². The van der Waals surface area contributed by atoms with Gasteiger partial charge in [0.15, 0.2) is 6.67 Å². The average Bonchev–Trinajstić information content (AvgIpc) is 1.85. The number of hydrogen-bond acceptors (Lipinski definition) is 3. The van der Waals surface area contributed by atoms with E-state index in [9.17, 15) is 9.70 Å². The average molecular weight is 130 g/mol. The monoisotopic (exact) mass is 130 g/mol. The zero-order chi connectivity index (χ0) is 7.11. The molecule has 0 heterocycles. The van der Waals surface area contributed by atoms with Crippen molar-refractivity contribution in [1.29, 1.82) is 0 Å². The van der Waals surface area contributed by atoms with Gasteiger partial charge in [0.2, 0.25) is 5.91 Å². The van der Waals surface area contributed by atoms with Gasteiger partial charge in [0.1, 0.15) is 0 Å². The standard InChI is InChI=1S/C5H10N2O2/c1-2-3-5(8)6-4-7-9/h2-4H2,1H3,(H,6,8). The first kappa shape index (κ1) is 8.07. The molecule has 0 unspecified atom stereocenters. The topological polar surface area (TPSA) is 58.5 Å². The second-order valence-electron chi connectivity index (χ2n) is 1.64. The van der Waals surface area contributed by atoms with E-state index >= 15 is 0 Å². The molecule has 0 fully saturated rings. The smallest absolute Gasteiger partial charge is 0.221 e. The fourth-order valence-electron chi connectivity index (χ4n) is 0.436. The maximum atomic E-state index is 10.5. The van der Waals surface area contributed by atoms with E-state index < -0.39 is 0 Å². The lowest BCUT2D eigenvalue weighted by atomic mass is 10.3. The summed E-state index contributed by atoms with van der Waals surface area (Å²) < 4.78 is 0. The van der Waals surface area contributed by atoms with Gasteiger partial charge in [-0.05, 0) is 11.6 Å². The summed E-state index contributed by atoms with van der Waals surface area (Å²) >= 11 is 0. The summed E-state index contributed by atoms with van der Waals surface area (Å²) in [5, 5.41) is 4.79. The highest BCUT2D eigenvalue weighted by atomic mass is 16.3. The van der Waals surface area contributed by atoms with Crippen LogP contribution in [0.25, 0.3) is 0 Å². The number of hydrogen-bond donors (Lipinski definition) is 1. The molecule has 0 aliphatic heterocycles. The molecule has 0 aliphatic carbocycles. The normalized spacial score (nSPS) is 8.56. The van der Waals surface area contributed by atoms with Gasteiger partial charge in [0.25, 0.3) is 0 Å². The Morgan fingerprint density at radius 2 is 2.33 bits per heavy atom. The Balaban J connectivity index is 3.16. The van der Waals surface area contributed by atoms with Gasteiger partial charge < -0.3 is 5.32 Å². The first-order valence-corrected chi connectivity index (χ1v) is 2.87. The molecule has 0 aliphatic rings. The Bertz CT molecular complexity index is 103. The summed E-state index contributed by atoms with van der Waals surface area (Å²) in [7, 11) is 0. The summed E-state index contributed by atoms with van der Waals surface area (Å²) in [4.78, 5) is 19.9. The van der Waals surface area contributed by atoms with Crippen molar-refractivity contribution in [2.45, 2.75) is 19.8 Å². The van der Waals surface area contributed by atoms with Gasteiger partial charge in [-0.25, -0.2) is 0 Å². The third-order valence-electron chi connectivity index (χ3n) is 0.818. The summed E-state index contributed by atoms with van der Waals surface area (Å²) in [6, 6.07) is 0. The molecule has 0 atom stereocenters. The highest BCUT2D eigenvalue weighted by Crippen LogP contribution is 1.83. The van der Waals surface area contributed by atoms with Crippen molar-refractivity contribution in [3.05, 3.63) is 4.91 Å². The van der Waals surface area contributed by atoms with E-state index in [0.29, 0.717) is 6.42 Å². The van der Waals surface area contributed by atoms with Gasteiger partial charge >= 0.3 is 0 Å². The van der Waals surface area contributed by atoms with Crippen LogP contribution in [0.5, 0.6) is 0 Å². The molecule has 0 rings (SSSR count). The minimum absolute atomic E-state index is 0.112. The van der Waals surface area contributed by atoms with Crippen LogP contribution in [0.2, 0.25) is 0 Å². The van der Waals surface area contributed by atoms with Crippen molar-refractivity contribution in [2.24, 2.45) is 5.18 Å². The predicted octanol–water partition coefficient (Wildman–Crippen LogP) is 0.627. The molecule has 0 radical (unpaired) electrons. The number of nitroso groups, excluding NO2 is 1. The fraction of sp³-hybridized carbons (Fsp3) is 0.800. The van der Waals surface area contributed by atoms with Gasteiger partial charge in [0.05, 0.1) is 0 Å². The van der Waals surface area contributed by atoms with Crippen LogP contribution in [0.1, 0.15) is 19.8 Å². The predicted molar refractivity (Wildman–Crippen MR) is 33.7 cm³/mol. The first-order chi connectivity index (χ1) is 4.31. The third-order valence-corrected chi connectivity index (χ3v) is 0.818. The van der Waals surface area contributed by atoms with Crippen LogP contribution in [0.15, 0.2) is 5.18 Å². The minimum atomic E-state index is -0.114. The molecule has 0 aromatic carbocycles. The van der Waals surface area contributed by atoms with Crippen LogP contribution in [-0.4, -0.2) is 12.6 Å². The number of rotatable bonds is 4. The van der Waals surface area contributed by atoms with E-state index in [4.69, 9.17) is 0 Å². The summed E-state index contributed by atoms with van der Waals surface area (Å²) in [5.41, 5.74) is 0. The molecule has 0 saturated carbocycles.